The van der Waals surface area contributed by atoms with Gasteiger partial charge in [0.05, 0.1) is 17.0 Å². The van der Waals surface area contributed by atoms with Gasteiger partial charge in [0.25, 0.3) is 0 Å². The first-order valence-electron chi connectivity index (χ1n) is 6.59. The second kappa shape index (κ2) is 6.08. The molecule has 1 aromatic heterocycles. The van der Waals surface area contributed by atoms with Crippen molar-refractivity contribution in [1.29, 1.82) is 0 Å². The van der Waals surface area contributed by atoms with Crippen LogP contribution < -0.4 is 4.74 Å². The lowest BCUT2D eigenvalue weighted by Crippen LogP contribution is -2.17. The number of hydrogen-bond acceptors (Lipinski definition) is 2. The van der Waals surface area contributed by atoms with Gasteiger partial charge in [0.15, 0.2) is 0 Å². The lowest BCUT2D eigenvalue weighted by molar-refractivity contribution is -0.274. The van der Waals surface area contributed by atoms with E-state index in [0.717, 1.165) is 5.56 Å². The quantitative estimate of drug-likeness (QED) is 0.657. The molecule has 0 aliphatic rings. The number of ether oxygens (including phenoxy) is 1. The Morgan fingerprint density at radius 2 is 1.74 bits per heavy atom. The number of hydrogen-bond donors (Lipinski definition) is 1. The summed E-state index contributed by atoms with van der Waals surface area (Å²) >= 11 is 3.26. The van der Waals surface area contributed by atoms with Gasteiger partial charge in [0.1, 0.15) is 5.75 Å². The molecule has 1 heterocycles. The van der Waals surface area contributed by atoms with Gasteiger partial charge in [-0.05, 0) is 34.1 Å². The van der Waals surface area contributed by atoms with Crippen molar-refractivity contribution >= 4 is 15.9 Å². The summed E-state index contributed by atoms with van der Waals surface area (Å²) in [6, 6.07) is 15.4. The minimum absolute atomic E-state index is 0.263. The maximum absolute atomic E-state index is 12.6. The number of alkyl halides is 3. The Morgan fingerprint density at radius 1 is 1.00 bits per heavy atom. The molecule has 0 spiro atoms. The standard InChI is InChI=1S/C16H10BrF3N2O/c17-11-7-4-8-14(23-16(18,19)20)15(11)13-9-12(21-22-13)10-5-2-1-3-6-10/h1-9H,(H,21,22). The Bertz CT molecular complexity index is 816. The van der Waals surface area contributed by atoms with Crippen LogP contribution in [0.4, 0.5) is 13.2 Å². The van der Waals surface area contributed by atoms with Crippen LogP contribution in [0.25, 0.3) is 22.5 Å². The highest BCUT2D eigenvalue weighted by Crippen LogP contribution is 2.39. The molecule has 2 aromatic carbocycles. The monoisotopic (exact) mass is 382 g/mol. The minimum Gasteiger partial charge on any atom is -0.405 e. The van der Waals surface area contributed by atoms with Gasteiger partial charge in [-0.1, -0.05) is 36.4 Å². The number of nitrogens with one attached hydrogen (secondary N) is 1. The highest BCUT2D eigenvalue weighted by Gasteiger charge is 2.32. The molecule has 0 aliphatic carbocycles. The Labute approximate surface area is 138 Å². The SMILES string of the molecule is FC(F)(F)Oc1cccc(Br)c1-c1cc(-c2ccccc2)n[nH]1. The molecule has 0 fully saturated rings. The summed E-state index contributed by atoms with van der Waals surface area (Å²) in [5.74, 6) is -0.296. The summed E-state index contributed by atoms with van der Waals surface area (Å²) in [6.07, 6.45) is -4.77. The van der Waals surface area contributed by atoms with Gasteiger partial charge in [-0.2, -0.15) is 5.10 Å². The van der Waals surface area contributed by atoms with Crippen molar-refractivity contribution in [3.05, 3.63) is 59.1 Å². The van der Waals surface area contributed by atoms with E-state index in [4.69, 9.17) is 0 Å². The number of nitrogens with zero attached hydrogens (tertiary/aromatic N) is 1. The average Bonchev–Trinajstić information content (AvgIpc) is 2.96. The van der Waals surface area contributed by atoms with Gasteiger partial charge in [-0.15, -0.1) is 13.2 Å². The first-order valence-corrected chi connectivity index (χ1v) is 7.39. The van der Waals surface area contributed by atoms with Crippen molar-refractivity contribution in [1.82, 2.24) is 10.2 Å². The minimum atomic E-state index is -4.77. The van der Waals surface area contributed by atoms with Crippen molar-refractivity contribution in [2.24, 2.45) is 0 Å². The molecular weight excluding hydrogens is 373 g/mol. The van der Waals surface area contributed by atoms with Crippen molar-refractivity contribution in [2.75, 3.05) is 0 Å². The highest BCUT2D eigenvalue weighted by atomic mass is 79.9. The van der Waals surface area contributed by atoms with Crippen LogP contribution in [0.1, 0.15) is 0 Å². The molecule has 0 atom stereocenters. The topological polar surface area (TPSA) is 37.9 Å². The van der Waals surface area contributed by atoms with E-state index >= 15 is 0 Å². The molecule has 7 heteroatoms. The molecule has 0 radical (unpaired) electrons. The zero-order valence-electron chi connectivity index (χ0n) is 11.6. The fourth-order valence-electron chi connectivity index (χ4n) is 2.18. The van der Waals surface area contributed by atoms with E-state index in [1.807, 2.05) is 30.3 Å². The molecule has 0 amide bonds. The van der Waals surface area contributed by atoms with Gasteiger partial charge < -0.3 is 4.74 Å². The summed E-state index contributed by atoms with van der Waals surface area (Å²) in [6.45, 7) is 0. The van der Waals surface area contributed by atoms with E-state index in [1.54, 1.807) is 12.1 Å². The third-order valence-corrected chi connectivity index (χ3v) is 3.78. The van der Waals surface area contributed by atoms with E-state index in [1.165, 1.54) is 12.1 Å². The van der Waals surface area contributed by atoms with E-state index < -0.39 is 6.36 Å². The zero-order valence-corrected chi connectivity index (χ0v) is 13.1. The second-order valence-corrected chi connectivity index (χ2v) is 5.55. The van der Waals surface area contributed by atoms with Crippen molar-refractivity contribution < 1.29 is 17.9 Å². The third-order valence-electron chi connectivity index (χ3n) is 3.12. The van der Waals surface area contributed by atoms with Crippen molar-refractivity contribution in [3.8, 4) is 28.3 Å². The molecular formula is C16H10BrF3N2O. The van der Waals surface area contributed by atoms with Crippen molar-refractivity contribution in [2.45, 2.75) is 6.36 Å². The van der Waals surface area contributed by atoms with Crippen molar-refractivity contribution in [3.63, 3.8) is 0 Å². The average molecular weight is 383 g/mol. The number of aromatic amines is 1. The van der Waals surface area contributed by atoms with Crippen LogP contribution in [-0.4, -0.2) is 16.6 Å². The van der Waals surface area contributed by atoms with Gasteiger partial charge >= 0.3 is 6.36 Å². The molecule has 3 aromatic rings. The molecule has 0 saturated heterocycles. The van der Waals surface area contributed by atoms with Gasteiger partial charge in [-0.3, -0.25) is 5.10 Å². The molecule has 1 N–H and O–H groups in total. The first-order chi connectivity index (χ1) is 10.9. The lowest BCUT2D eigenvalue weighted by atomic mass is 10.1. The number of rotatable bonds is 3. The maximum atomic E-state index is 12.6. The summed E-state index contributed by atoms with van der Waals surface area (Å²) in [5.41, 5.74) is 2.18. The summed E-state index contributed by atoms with van der Waals surface area (Å²) in [4.78, 5) is 0. The van der Waals surface area contributed by atoms with Gasteiger partial charge in [0, 0.05) is 10.0 Å². The van der Waals surface area contributed by atoms with E-state index in [-0.39, 0.29) is 11.3 Å². The molecule has 0 unspecified atom stereocenters. The van der Waals surface area contributed by atoms with E-state index in [2.05, 4.69) is 30.9 Å². The summed E-state index contributed by atoms with van der Waals surface area (Å²) in [5, 5.41) is 6.92. The van der Waals surface area contributed by atoms with E-state index in [0.29, 0.717) is 15.9 Å². The Balaban J connectivity index is 2.04. The predicted octanol–water partition coefficient (Wildman–Crippen LogP) is 5.40. The molecule has 0 saturated carbocycles. The van der Waals surface area contributed by atoms with Gasteiger partial charge in [0.2, 0.25) is 0 Å². The predicted molar refractivity (Wildman–Crippen MR) is 83.8 cm³/mol. The first kappa shape index (κ1) is 15.6. The van der Waals surface area contributed by atoms with Crippen LogP contribution in [0, 0.1) is 0 Å². The number of halogens is 4. The van der Waals surface area contributed by atoms with Crippen LogP contribution in [-0.2, 0) is 0 Å². The van der Waals surface area contributed by atoms with Gasteiger partial charge in [-0.25, -0.2) is 0 Å². The molecule has 0 aliphatic heterocycles. The molecule has 0 bridgehead atoms. The highest BCUT2D eigenvalue weighted by molar-refractivity contribution is 9.10. The Hall–Kier alpha value is -2.28. The Kier molecular flexibility index (Phi) is 4.12. The molecule has 3 nitrogen and oxygen atoms in total. The molecule has 118 valence electrons. The molecule has 23 heavy (non-hydrogen) atoms. The molecule has 3 rings (SSSR count). The van der Waals surface area contributed by atoms with Crippen LogP contribution >= 0.6 is 15.9 Å². The van der Waals surface area contributed by atoms with Crippen LogP contribution in [0.3, 0.4) is 0 Å². The zero-order chi connectivity index (χ0) is 16.4. The fraction of sp³-hybridized carbons (Fsp3) is 0.0625. The summed E-state index contributed by atoms with van der Waals surface area (Å²) < 4.78 is 42.3. The maximum Gasteiger partial charge on any atom is 0.573 e. The van der Waals surface area contributed by atoms with E-state index in [9.17, 15) is 13.2 Å². The lowest BCUT2D eigenvalue weighted by Gasteiger charge is -2.13. The third kappa shape index (κ3) is 3.56. The number of aromatic nitrogens is 2. The Morgan fingerprint density at radius 3 is 2.43 bits per heavy atom. The van der Waals surface area contributed by atoms with Crippen LogP contribution in [0.2, 0.25) is 0 Å². The summed E-state index contributed by atoms with van der Waals surface area (Å²) in [7, 11) is 0. The smallest absolute Gasteiger partial charge is 0.405 e. The fourth-order valence-corrected chi connectivity index (χ4v) is 2.74. The van der Waals surface area contributed by atoms with Crippen LogP contribution in [0.15, 0.2) is 59.1 Å². The number of benzene rings is 2. The second-order valence-electron chi connectivity index (χ2n) is 4.69. The number of H-pyrrole nitrogens is 1. The normalized spacial score (nSPS) is 11.5. The van der Waals surface area contributed by atoms with Crippen LogP contribution in [0.5, 0.6) is 5.75 Å². The largest absolute Gasteiger partial charge is 0.573 e.